The third-order valence-electron chi connectivity index (χ3n) is 2.78. The molecule has 0 spiro atoms. The average Bonchev–Trinajstić information content (AvgIpc) is 2.81. The molecule has 0 saturated carbocycles. The molecule has 0 aliphatic carbocycles. The summed E-state index contributed by atoms with van der Waals surface area (Å²) in [5.41, 5.74) is 1.57. The van der Waals surface area contributed by atoms with Crippen molar-refractivity contribution in [1.29, 1.82) is 0 Å². The third-order valence-corrected chi connectivity index (χ3v) is 2.78. The Bertz CT molecular complexity index is 605. The first-order valence-electron chi connectivity index (χ1n) is 6.01. The quantitative estimate of drug-likeness (QED) is 0.921. The standard InChI is InChI=1S/C14H15FN2O2/c1-8(2)12-7-13(19-17-12)16-14(18)10-4-5-11(15)9(3)6-10/h4-8H,1-3H3,(H,16,18). The van der Waals surface area contributed by atoms with E-state index in [1.165, 1.54) is 18.2 Å². The Morgan fingerprint density at radius 3 is 2.68 bits per heavy atom. The van der Waals surface area contributed by atoms with Gasteiger partial charge in [0.2, 0.25) is 5.88 Å². The molecule has 0 saturated heterocycles. The van der Waals surface area contributed by atoms with Crippen molar-refractivity contribution in [2.75, 3.05) is 5.32 Å². The van der Waals surface area contributed by atoms with E-state index in [1.807, 2.05) is 13.8 Å². The van der Waals surface area contributed by atoms with Crippen LogP contribution in [0.3, 0.4) is 0 Å². The van der Waals surface area contributed by atoms with E-state index in [9.17, 15) is 9.18 Å². The van der Waals surface area contributed by atoms with Gasteiger partial charge in [0.15, 0.2) is 0 Å². The summed E-state index contributed by atoms with van der Waals surface area (Å²) in [6.07, 6.45) is 0. The van der Waals surface area contributed by atoms with E-state index in [-0.39, 0.29) is 23.5 Å². The highest BCUT2D eigenvalue weighted by atomic mass is 19.1. The number of aromatic nitrogens is 1. The Hall–Kier alpha value is -2.17. The number of anilines is 1. The zero-order valence-corrected chi connectivity index (χ0v) is 11.0. The van der Waals surface area contributed by atoms with Crippen LogP contribution >= 0.6 is 0 Å². The first kappa shape index (κ1) is 13.3. The van der Waals surface area contributed by atoms with Gasteiger partial charge in [-0.25, -0.2) is 4.39 Å². The number of rotatable bonds is 3. The van der Waals surface area contributed by atoms with Crippen LogP contribution in [-0.4, -0.2) is 11.1 Å². The molecule has 0 fully saturated rings. The van der Waals surface area contributed by atoms with E-state index >= 15 is 0 Å². The minimum absolute atomic E-state index is 0.225. The number of nitrogens with one attached hydrogen (secondary N) is 1. The number of carbonyl (C=O) groups excluding carboxylic acids is 1. The molecule has 2 aromatic rings. The van der Waals surface area contributed by atoms with Crippen LogP contribution in [0.2, 0.25) is 0 Å². The summed E-state index contributed by atoms with van der Waals surface area (Å²) in [6, 6.07) is 5.87. The van der Waals surface area contributed by atoms with E-state index in [2.05, 4.69) is 10.5 Å². The van der Waals surface area contributed by atoms with Crippen molar-refractivity contribution < 1.29 is 13.7 Å². The molecule has 5 heteroatoms. The second kappa shape index (κ2) is 5.22. The van der Waals surface area contributed by atoms with Gasteiger partial charge in [-0.05, 0) is 36.6 Å². The number of nitrogens with zero attached hydrogens (tertiary/aromatic N) is 1. The van der Waals surface area contributed by atoms with Gasteiger partial charge in [-0.2, -0.15) is 0 Å². The van der Waals surface area contributed by atoms with Gasteiger partial charge in [-0.3, -0.25) is 10.1 Å². The predicted octanol–water partition coefficient (Wildman–Crippen LogP) is 3.50. The number of amides is 1. The van der Waals surface area contributed by atoms with Gasteiger partial charge in [0, 0.05) is 11.6 Å². The lowest BCUT2D eigenvalue weighted by molar-refractivity contribution is 0.102. The topological polar surface area (TPSA) is 55.1 Å². The molecule has 4 nitrogen and oxygen atoms in total. The minimum Gasteiger partial charge on any atom is -0.338 e. The second-order valence-electron chi connectivity index (χ2n) is 4.69. The summed E-state index contributed by atoms with van der Waals surface area (Å²) in [6.45, 7) is 5.57. The normalized spacial score (nSPS) is 10.8. The molecule has 0 radical (unpaired) electrons. The van der Waals surface area contributed by atoms with Crippen LogP contribution in [0.25, 0.3) is 0 Å². The summed E-state index contributed by atoms with van der Waals surface area (Å²) in [5.74, 6) is -0.175. The maximum atomic E-state index is 13.1. The van der Waals surface area contributed by atoms with E-state index in [4.69, 9.17) is 4.52 Å². The Kier molecular flexibility index (Phi) is 3.64. The summed E-state index contributed by atoms with van der Waals surface area (Å²) in [5, 5.41) is 6.43. The zero-order valence-electron chi connectivity index (χ0n) is 11.0. The van der Waals surface area contributed by atoms with Crippen molar-refractivity contribution in [3.05, 3.63) is 46.9 Å². The molecule has 100 valence electrons. The monoisotopic (exact) mass is 262 g/mol. The largest absolute Gasteiger partial charge is 0.338 e. The maximum Gasteiger partial charge on any atom is 0.258 e. The number of carbonyl (C=O) groups is 1. The molecule has 1 aromatic carbocycles. The number of benzene rings is 1. The summed E-state index contributed by atoms with van der Waals surface area (Å²) in [4.78, 5) is 11.9. The Morgan fingerprint density at radius 1 is 1.37 bits per heavy atom. The Labute approximate surface area is 110 Å². The maximum absolute atomic E-state index is 13.1. The molecular formula is C14H15FN2O2. The van der Waals surface area contributed by atoms with Crippen LogP contribution in [0.4, 0.5) is 10.3 Å². The Balaban J connectivity index is 2.13. The number of aryl methyl sites for hydroxylation is 1. The van der Waals surface area contributed by atoms with E-state index in [0.29, 0.717) is 11.1 Å². The molecule has 0 aliphatic rings. The second-order valence-corrected chi connectivity index (χ2v) is 4.69. The van der Waals surface area contributed by atoms with Crippen molar-refractivity contribution in [3.8, 4) is 0 Å². The number of hydrogen-bond acceptors (Lipinski definition) is 3. The van der Waals surface area contributed by atoms with E-state index in [0.717, 1.165) is 5.69 Å². The van der Waals surface area contributed by atoms with Crippen molar-refractivity contribution in [1.82, 2.24) is 5.16 Å². The SMILES string of the molecule is Cc1cc(C(=O)Nc2cc(C(C)C)no2)ccc1F. The fourth-order valence-electron chi connectivity index (χ4n) is 1.59. The van der Waals surface area contributed by atoms with Gasteiger partial charge in [0.05, 0.1) is 5.69 Å². The van der Waals surface area contributed by atoms with Gasteiger partial charge in [0.1, 0.15) is 5.82 Å². The van der Waals surface area contributed by atoms with Gasteiger partial charge in [0.25, 0.3) is 5.91 Å². The van der Waals surface area contributed by atoms with Crippen molar-refractivity contribution in [2.24, 2.45) is 0 Å². The van der Waals surface area contributed by atoms with Crippen LogP contribution in [0, 0.1) is 12.7 Å². The first-order valence-corrected chi connectivity index (χ1v) is 6.01. The van der Waals surface area contributed by atoms with Crippen LogP contribution in [0.5, 0.6) is 0 Å². The lowest BCUT2D eigenvalue weighted by Gasteiger charge is -2.03. The number of hydrogen-bond donors (Lipinski definition) is 1. The van der Waals surface area contributed by atoms with Crippen molar-refractivity contribution in [3.63, 3.8) is 0 Å². The summed E-state index contributed by atoms with van der Waals surface area (Å²) < 4.78 is 18.1. The van der Waals surface area contributed by atoms with Gasteiger partial charge >= 0.3 is 0 Å². The molecule has 1 N–H and O–H groups in total. The molecule has 0 bridgehead atoms. The minimum atomic E-state index is -0.352. The van der Waals surface area contributed by atoms with Gasteiger partial charge in [-0.15, -0.1) is 0 Å². The molecule has 1 aromatic heterocycles. The molecular weight excluding hydrogens is 247 g/mol. The van der Waals surface area contributed by atoms with E-state index < -0.39 is 0 Å². The van der Waals surface area contributed by atoms with Crippen molar-refractivity contribution >= 4 is 11.8 Å². The van der Waals surface area contributed by atoms with Crippen LogP contribution in [-0.2, 0) is 0 Å². The summed E-state index contributed by atoms with van der Waals surface area (Å²) >= 11 is 0. The first-order chi connectivity index (χ1) is 8.97. The predicted molar refractivity (Wildman–Crippen MR) is 69.7 cm³/mol. The highest BCUT2D eigenvalue weighted by molar-refractivity contribution is 6.03. The third kappa shape index (κ3) is 2.99. The summed E-state index contributed by atoms with van der Waals surface area (Å²) in [7, 11) is 0. The average molecular weight is 262 g/mol. The van der Waals surface area contributed by atoms with Crippen LogP contribution in [0.1, 0.15) is 41.4 Å². The molecule has 1 amide bonds. The molecule has 0 atom stereocenters. The molecule has 2 rings (SSSR count). The molecule has 1 heterocycles. The van der Waals surface area contributed by atoms with E-state index in [1.54, 1.807) is 13.0 Å². The fourth-order valence-corrected chi connectivity index (χ4v) is 1.59. The van der Waals surface area contributed by atoms with Gasteiger partial charge in [-0.1, -0.05) is 19.0 Å². The Morgan fingerprint density at radius 2 is 2.11 bits per heavy atom. The zero-order chi connectivity index (χ0) is 14.0. The lowest BCUT2D eigenvalue weighted by atomic mass is 10.1. The fraction of sp³-hybridized carbons (Fsp3) is 0.286. The highest BCUT2D eigenvalue weighted by Gasteiger charge is 2.12. The van der Waals surface area contributed by atoms with Crippen molar-refractivity contribution in [2.45, 2.75) is 26.7 Å². The van der Waals surface area contributed by atoms with Gasteiger partial charge < -0.3 is 4.52 Å². The molecule has 0 unspecified atom stereocenters. The molecule has 19 heavy (non-hydrogen) atoms. The smallest absolute Gasteiger partial charge is 0.258 e. The van der Waals surface area contributed by atoms with Crippen LogP contribution < -0.4 is 5.32 Å². The highest BCUT2D eigenvalue weighted by Crippen LogP contribution is 2.18. The number of halogens is 1. The molecule has 0 aliphatic heterocycles. The van der Waals surface area contributed by atoms with Crippen LogP contribution in [0.15, 0.2) is 28.8 Å². The lowest BCUT2D eigenvalue weighted by Crippen LogP contribution is -2.11.